The Labute approximate surface area is 87.5 Å². The summed E-state index contributed by atoms with van der Waals surface area (Å²) in [7, 11) is 0. The minimum Gasteiger partial charge on any atom is -0.388 e. The molecule has 2 unspecified atom stereocenters. The van der Waals surface area contributed by atoms with Crippen molar-refractivity contribution in [3.63, 3.8) is 0 Å². The van der Waals surface area contributed by atoms with Gasteiger partial charge in [-0.3, -0.25) is 0 Å². The van der Waals surface area contributed by atoms with Crippen LogP contribution in [0.15, 0.2) is 18.2 Å². The summed E-state index contributed by atoms with van der Waals surface area (Å²) in [5, 5.41) is 9.74. The maximum absolute atomic E-state index is 13.0. The largest absolute Gasteiger partial charge is 0.388 e. The van der Waals surface area contributed by atoms with E-state index in [2.05, 4.69) is 0 Å². The van der Waals surface area contributed by atoms with Crippen LogP contribution in [0.25, 0.3) is 0 Å². The van der Waals surface area contributed by atoms with Crippen LogP contribution in [-0.2, 0) is 0 Å². The molecule has 1 rings (SSSR count). The van der Waals surface area contributed by atoms with Gasteiger partial charge in [0.25, 0.3) is 0 Å². The van der Waals surface area contributed by atoms with Crippen LogP contribution in [0, 0.1) is 11.7 Å². The highest BCUT2D eigenvalue weighted by Crippen LogP contribution is 2.29. The summed E-state index contributed by atoms with van der Waals surface area (Å²) in [6, 6.07) is 4.37. The summed E-state index contributed by atoms with van der Waals surface area (Å²) in [5.41, 5.74) is 5.79. The van der Waals surface area contributed by atoms with E-state index in [4.69, 9.17) is 17.3 Å². The molecule has 14 heavy (non-hydrogen) atoms. The van der Waals surface area contributed by atoms with Gasteiger partial charge in [-0.15, -0.1) is 0 Å². The van der Waals surface area contributed by atoms with E-state index in [9.17, 15) is 9.50 Å². The van der Waals surface area contributed by atoms with E-state index < -0.39 is 11.9 Å². The van der Waals surface area contributed by atoms with Gasteiger partial charge in [0.1, 0.15) is 5.82 Å². The average molecular weight is 218 g/mol. The molecule has 78 valence electrons. The number of aliphatic hydroxyl groups is 1. The Hall–Kier alpha value is -0.640. The van der Waals surface area contributed by atoms with Crippen molar-refractivity contribution in [1.82, 2.24) is 0 Å². The van der Waals surface area contributed by atoms with Crippen molar-refractivity contribution >= 4 is 11.6 Å². The van der Waals surface area contributed by atoms with Gasteiger partial charge in [-0.1, -0.05) is 30.7 Å². The number of rotatable bonds is 3. The highest BCUT2D eigenvalue weighted by atomic mass is 35.5. The lowest BCUT2D eigenvalue weighted by Crippen LogP contribution is -2.19. The maximum atomic E-state index is 13.0. The third-order valence-electron chi connectivity index (χ3n) is 2.21. The fraction of sp³-hybridized carbons (Fsp3) is 0.400. The molecule has 1 aromatic carbocycles. The predicted molar refractivity (Wildman–Crippen MR) is 54.6 cm³/mol. The molecule has 0 aliphatic carbocycles. The maximum Gasteiger partial charge on any atom is 0.142 e. The Balaban J connectivity index is 3.01. The van der Waals surface area contributed by atoms with Gasteiger partial charge in [-0.25, -0.2) is 4.39 Å². The van der Waals surface area contributed by atoms with Crippen LogP contribution < -0.4 is 5.73 Å². The van der Waals surface area contributed by atoms with E-state index in [0.29, 0.717) is 12.1 Å². The van der Waals surface area contributed by atoms with Gasteiger partial charge >= 0.3 is 0 Å². The minimum absolute atomic E-state index is 0.0275. The molecule has 0 radical (unpaired) electrons. The summed E-state index contributed by atoms with van der Waals surface area (Å²) in [6.45, 7) is 2.11. The molecule has 2 atom stereocenters. The Morgan fingerprint density at radius 3 is 2.79 bits per heavy atom. The lowest BCUT2D eigenvalue weighted by atomic mass is 9.97. The first kappa shape index (κ1) is 11.4. The highest BCUT2D eigenvalue weighted by Gasteiger charge is 2.19. The van der Waals surface area contributed by atoms with Crippen LogP contribution in [0.4, 0.5) is 4.39 Å². The predicted octanol–water partition coefficient (Wildman–Crippen LogP) is 2.11. The van der Waals surface area contributed by atoms with Gasteiger partial charge in [0.2, 0.25) is 0 Å². The third kappa shape index (κ3) is 2.23. The van der Waals surface area contributed by atoms with Crippen LogP contribution >= 0.6 is 11.6 Å². The standard InChI is InChI=1S/C10H13ClFNO/c1-6(5-13)10(14)7-3-2-4-8(12)9(7)11/h2-4,6,10,14H,5,13H2,1H3. The van der Waals surface area contributed by atoms with Gasteiger partial charge in [0, 0.05) is 5.56 Å². The van der Waals surface area contributed by atoms with E-state index in [1.54, 1.807) is 13.0 Å². The Morgan fingerprint density at radius 2 is 2.21 bits per heavy atom. The van der Waals surface area contributed by atoms with Crippen LogP contribution in [0.5, 0.6) is 0 Å². The van der Waals surface area contributed by atoms with Gasteiger partial charge in [-0.2, -0.15) is 0 Å². The van der Waals surface area contributed by atoms with Crippen molar-refractivity contribution in [1.29, 1.82) is 0 Å². The van der Waals surface area contributed by atoms with Crippen LogP contribution in [0.3, 0.4) is 0 Å². The second-order valence-electron chi connectivity index (χ2n) is 3.30. The van der Waals surface area contributed by atoms with Gasteiger partial charge in [0.05, 0.1) is 11.1 Å². The first-order valence-corrected chi connectivity index (χ1v) is 4.77. The summed E-state index contributed by atoms with van der Waals surface area (Å²) in [4.78, 5) is 0. The zero-order chi connectivity index (χ0) is 10.7. The molecule has 0 saturated heterocycles. The second-order valence-corrected chi connectivity index (χ2v) is 3.68. The van der Waals surface area contributed by atoms with Crippen LogP contribution in [0.1, 0.15) is 18.6 Å². The summed E-state index contributed by atoms with van der Waals surface area (Å²) in [6.07, 6.45) is -0.816. The number of aliphatic hydroxyl groups excluding tert-OH is 1. The molecule has 0 heterocycles. The fourth-order valence-electron chi connectivity index (χ4n) is 1.18. The number of nitrogens with two attached hydrogens (primary N) is 1. The number of hydrogen-bond donors (Lipinski definition) is 2. The van der Waals surface area contributed by atoms with E-state index in [-0.39, 0.29) is 10.9 Å². The van der Waals surface area contributed by atoms with Crippen molar-refractivity contribution in [3.8, 4) is 0 Å². The topological polar surface area (TPSA) is 46.2 Å². The molecule has 4 heteroatoms. The molecule has 0 aliphatic rings. The van der Waals surface area contributed by atoms with Crippen molar-refractivity contribution in [2.24, 2.45) is 11.7 Å². The molecular weight excluding hydrogens is 205 g/mol. The minimum atomic E-state index is -0.816. The lowest BCUT2D eigenvalue weighted by molar-refractivity contribution is 0.121. The van der Waals surface area contributed by atoms with Crippen LogP contribution in [-0.4, -0.2) is 11.7 Å². The van der Waals surface area contributed by atoms with E-state index in [0.717, 1.165) is 0 Å². The molecule has 0 bridgehead atoms. The smallest absolute Gasteiger partial charge is 0.142 e. The van der Waals surface area contributed by atoms with Crippen molar-refractivity contribution in [2.45, 2.75) is 13.0 Å². The van der Waals surface area contributed by atoms with Crippen molar-refractivity contribution in [2.75, 3.05) is 6.54 Å². The zero-order valence-electron chi connectivity index (χ0n) is 7.87. The number of halogens is 2. The molecule has 0 aromatic heterocycles. The molecule has 1 aromatic rings. The Bertz CT molecular complexity index is 319. The third-order valence-corrected chi connectivity index (χ3v) is 2.61. The molecule has 2 nitrogen and oxygen atoms in total. The fourth-order valence-corrected chi connectivity index (χ4v) is 1.42. The van der Waals surface area contributed by atoms with Crippen molar-refractivity contribution in [3.05, 3.63) is 34.6 Å². The molecule has 0 amide bonds. The Morgan fingerprint density at radius 1 is 1.57 bits per heavy atom. The first-order chi connectivity index (χ1) is 6.57. The van der Waals surface area contributed by atoms with Gasteiger partial charge in [-0.05, 0) is 18.5 Å². The SMILES string of the molecule is CC(CN)C(O)c1cccc(F)c1Cl. The monoisotopic (exact) mass is 217 g/mol. The highest BCUT2D eigenvalue weighted by molar-refractivity contribution is 6.31. The summed E-state index contributed by atoms with van der Waals surface area (Å²) in [5.74, 6) is -0.665. The average Bonchev–Trinajstić information content (AvgIpc) is 2.20. The van der Waals surface area contributed by atoms with E-state index in [1.807, 2.05) is 0 Å². The molecule has 3 N–H and O–H groups in total. The summed E-state index contributed by atoms with van der Waals surface area (Å²) >= 11 is 5.71. The quantitative estimate of drug-likeness (QED) is 0.815. The summed E-state index contributed by atoms with van der Waals surface area (Å²) < 4.78 is 13.0. The van der Waals surface area contributed by atoms with E-state index in [1.165, 1.54) is 12.1 Å². The van der Waals surface area contributed by atoms with Crippen LogP contribution in [0.2, 0.25) is 5.02 Å². The Kier molecular flexibility index (Phi) is 3.86. The molecule has 0 saturated carbocycles. The molecule has 0 fully saturated rings. The zero-order valence-corrected chi connectivity index (χ0v) is 8.63. The molecular formula is C10H13ClFNO. The normalized spacial score (nSPS) is 15.2. The first-order valence-electron chi connectivity index (χ1n) is 4.40. The van der Waals surface area contributed by atoms with E-state index >= 15 is 0 Å². The second kappa shape index (κ2) is 4.73. The van der Waals surface area contributed by atoms with Gasteiger partial charge in [0.15, 0.2) is 0 Å². The number of hydrogen-bond acceptors (Lipinski definition) is 2. The van der Waals surface area contributed by atoms with Crippen molar-refractivity contribution < 1.29 is 9.50 Å². The van der Waals surface area contributed by atoms with Gasteiger partial charge < -0.3 is 10.8 Å². The molecule has 0 spiro atoms. The lowest BCUT2D eigenvalue weighted by Gasteiger charge is -2.18. The number of benzene rings is 1. The molecule has 0 aliphatic heterocycles.